The number of nitrogens with two attached hydrogens (primary N) is 1. The molecular formula is C14H16FN3OS. The second-order valence-electron chi connectivity index (χ2n) is 5.11. The van der Waals surface area contributed by atoms with Crippen LogP contribution in [0.2, 0.25) is 0 Å². The van der Waals surface area contributed by atoms with Crippen LogP contribution in [0.25, 0.3) is 0 Å². The number of hydrogen-bond acceptors (Lipinski definition) is 4. The van der Waals surface area contributed by atoms with Gasteiger partial charge in [0.1, 0.15) is 11.4 Å². The molecule has 1 atom stereocenters. The molecule has 0 radical (unpaired) electrons. The zero-order chi connectivity index (χ0) is 14.8. The second-order valence-corrected chi connectivity index (χ2v) is 6.16. The number of amides is 1. The molecule has 3 N–H and O–H groups in total. The van der Waals surface area contributed by atoms with Gasteiger partial charge in [-0.1, -0.05) is 0 Å². The van der Waals surface area contributed by atoms with E-state index in [4.69, 9.17) is 11.0 Å². The van der Waals surface area contributed by atoms with E-state index in [1.165, 1.54) is 23.9 Å². The molecule has 1 unspecified atom stereocenters. The van der Waals surface area contributed by atoms with E-state index in [1.807, 2.05) is 0 Å². The first-order valence-electron chi connectivity index (χ1n) is 6.34. The Bertz CT molecular complexity index is 568. The van der Waals surface area contributed by atoms with Crippen LogP contribution in [0.3, 0.4) is 0 Å². The molecule has 2 rings (SSSR count). The van der Waals surface area contributed by atoms with Gasteiger partial charge in [0, 0.05) is 4.90 Å². The van der Waals surface area contributed by atoms with Gasteiger partial charge >= 0.3 is 0 Å². The fourth-order valence-electron chi connectivity index (χ4n) is 1.95. The minimum Gasteiger partial charge on any atom is -0.396 e. The molecule has 1 aliphatic carbocycles. The third kappa shape index (κ3) is 3.42. The van der Waals surface area contributed by atoms with Crippen LogP contribution in [0.4, 0.5) is 10.1 Å². The van der Waals surface area contributed by atoms with Crippen molar-refractivity contribution >= 4 is 23.4 Å². The molecule has 1 fully saturated rings. The lowest BCUT2D eigenvalue weighted by atomic mass is 9.98. The monoisotopic (exact) mass is 293 g/mol. The molecule has 1 saturated carbocycles. The van der Waals surface area contributed by atoms with Gasteiger partial charge < -0.3 is 11.1 Å². The topological polar surface area (TPSA) is 78.9 Å². The SMILES string of the molecule is CC(C#N)(NC(=O)CSc1ccc(N)c(F)c1)C1CC1. The lowest BCUT2D eigenvalue weighted by molar-refractivity contribution is -0.119. The summed E-state index contributed by atoms with van der Waals surface area (Å²) in [5.41, 5.74) is 4.69. The number of nitrogen functional groups attached to an aromatic ring is 1. The molecule has 0 saturated heterocycles. The van der Waals surface area contributed by atoms with Crippen LogP contribution in [-0.4, -0.2) is 17.2 Å². The van der Waals surface area contributed by atoms with E-state index in [0.717, 1.165) is 12.8 Å². The van der Waals surface area contributed by atoms with Gasteiger partial charge in [0.2, 0.25) is 5.91 Å². The van der Waals surface area contributed by atoms with Crippen molar-refractivity contribution in [1.82, 2.24) is 5.32 Å². The Hall–Kier alpha value is -1.74. The number of carbonyl (C=O) groups is 1. The highest BCUT2D eigenvalue weighted by atomic mass is 32.2. The smallest absolute Gasteiger partial charge is 0.231 e. The van der Waals surface area contributed by atoms with Crippen molar-refractivity contribution < 1.29 is 9.18 Å². The number of nitrogens with zero attached hydrogens (tertiary/aromatic N) is 1. The Kier molecular flexibility index (Phi) is 4.19. The van der Waals surface area contributed by atoms with Gasteiger partial charge in [-0.15, -0.1) is 11.8 Å². The quantitative estimate of drug-likeness (QED) is 0.645. The Morgan fingerprint density at radius 2 is 2.35 bits per heavy atom. The highest BCUT2D eigenvalue weighted by Gasteiger charge is 2.42. The maximum atomic E-state index is 13.3. The summed E-state index contributed by atoms with van der Waals surface area (Å²) in [6, 6.07) is 6.61. The largest absolute Gasteiger partial charge is 0.396 e. The molecule has 106 valence electrons. The van der Waals surface area contributed by atoms with Gasteiger partial charge in [-0.3, -0.25) is 4.79 Å². The van der Waals surface area contributed by atoms with Crippen molar-refractivity contribution in [2.24, 2.45) is 5.92 Å². The van der Waals surface area contributed by atoms with Crippen molar-refractivity contribution in [3.05, 3.63) is 24.0 Å². The molecule has 0 bridgehead atoms. The van der Waals surface area contributed by atoms with Gasteiger partial charge in [-0.2, -0.15) is 5.26 Å². The minimum atomic E-state index is -0.788. The number of benzene rings is 1. The Morgan fingerprint density at radius 3 is 2.90 bits per heavy atom. The molecule has 20 heavy (non-hydrogen) atoms. The molecule has 0 spiro atoms. The molecule has 0 aliphatic heterocycles. The van der Waals surface area contributed by atoms with Crippen molar-refractivity contribution in [3.8, 4) is 6.07 Å². The summed E-state index contributed by atoms with van der Waals surface area (Å²) in [6.07, 6.45) is 1.95. The normalized spacial score (nSPS) is 17.1. The number of nitriles is 1. The Morgan fingerprint density at radius 1 is 1.65 bits per heavy atom. The number of carbonyl (C=O) groups excluding carboxylic acids is 1. The van der Waals surface area contributed by atoms with Gasteiger partial charge in [0.05, 0.1) is 17.5 Å². The number of hydrogen-bond donors (Lipinski definition) is 2. The van der Waals surface area contributed by atoms with Crippen LogP contribution in [0.5, 0.6) is 0 Å². The second kappa shape index (κ2) is 5.71. The first-order chi connectivity index (χ1) is 9.44. The van der Waals surface area contributed by atoms with Crippen LogP contribution >= 0.6 is 11.8 Å². The Balaban J connectivity index is 1.89. The number of anilines is 1. The average Bonchev–Trinajstić information content (AvgIpc) is 3.25. The van der Waals surface area contributed by atoms with E-state index >= 15 is 0 Å². The molecule has 1 amide bonds. The summed E-state index contributed by atoms with van der Waals surface area (Å²) in [7, 11) is 0. The molecule has 6 heteroatoms. The highest BCUT2D eigenvalue weighted by Crippen LogP contribution is 2.39. The summed E-state index contributed by atoms with van der Waals surface area (Å²) >= 11 is 1.22. The molecule has 1 aromatic carbocycles. The molecule has 1 aliphatic rings. The molecule has 0 heterocycles. The Labute approximate surface area is 121 Å². The van der Waals surface area contributed by atoms with E-state index in [-0.39, 0.29) is 23.3 Å². The van der Waals surface area contributed by atoms with Gasteiger partial charge in [-0.05, 0) is 43.9 Å². The lowest BCUT2D eigenvalue weighted by Crippen LogP contribution is -2.47. The summed E-state index contributed by atoms with van der Waals surface area (Å²) in [5.74, 6) is -0.318. The van der Waals surface area contributed by atoms with Gasteiger partial charge in [-0.25, -0.2) is 4.39 Å². The van der Waals surface area contributed by atoms with E-state index in [0.29, 0.717) is 4.90 Å². The van der Waals surface area contributed by atoms with Gasteiger partial charge in [0.25, 0.3) is 0 Å². The molecular weight excluding hydrogens is 277 g/mol. The first kappa shape index (κ1) is 14.7. The van der Waals surface area contributed by atoms with Crippen molar-refractivity contribution in [2.75, 3.05) is 11.5 Å². The van der Waals surface area contributed by atoms with Crippen LogP contribution in [0.1, 0.15) is 19.8 Å². The van der Waals surface area contributed by atoms with Crippen LogP contribution < -0.4 is 11.1 Å². The summed E-state index contributed by atoms with van der Waals surface area (Å²) in [6.45, 7) is 1.75. The predicted octanol–water partition coefficient (Wildman–Crippen LogP) is 2.31. The third-order valence-corrected chi connectivity index (χ3v) is 4.36. The minimum absolute atomic E-state index is 0.0876. The zero-order valence-corrected chi connectivity index (χ0v) is 12.0. The van der Waals surface area contributed by atoms with E-state index < -0.39 is 11.4 Å². The van der Waals surface area contributed by atoms with E-state index in [9.17, 15) is 9.18 Å². The maximum absolute atomic E-state index is 13.3. The number of nitrogens with one attached hydrogen (secondary N) is 1. The zero-order valence-electron chi connectivity index (χ0n) is 11.1. The first-order valence-corrected chi connectivity index (χ1v) is 7.33. The fourth-order valence-corrected chi connectivity index (χ4v) is 2.68. The van der Waals surface area contributed by atoms with Crippen LogP contribution in [0.15, 0.2) is 23.1 Å². The fraction of sp³-hybridized carbons (Fsp3) is 0.429. The third-order valence-electron chi connectivity index (χ3n) is 3.37. The summed E-state index contributed by atoms with van der Waals surface area (Å²) in [5, 5.41) is 11.9. The summed E-state index contributed by atoms with van der Waals surface area (Å²) in [4.78, 5) is 12.5. The predicted molar refractivity (Wildman–Crippen MR) is 76.4 cm³/mol. The average molecular weight is 293 g/mol. The highest BCUT2D eigenvalue weighted by molar-refractivity contribution is 8.00. The molecule has 4 nitrogen and oxygen atoms in total. The standard InChI is InChI=1S/C14H16FN3OS/c1-14(8-16,9-2-3-9)18-13(19)7-20-10-4-5-12(17)11(15)6-10/h4-6,9H,2-3,7,17H2,1H3,(H,18,19). The molecule has 0 aromatic heterocycles. The van der Waals surface area contributed by atoms with Crippen molar-refractivity contribution in [3.63, 3.8) is 0 Å². The van der Waals surface area contributed by atoms with E-state index in [1.54, 1.807) is 13.0 Å². The summed E-state index contributed by atoms with van der Waals surface area (Å²) < 4.78 is 13.3. The maximum Gasteiger partial charge on any atom is 0.231 e. The van der Waals surface area contributed by atoms with Crippen LogP contribution in [-0.2, 0) is 4.79 Å². The molecule has 1 aromatic rings. The van der Waals surface area contributed by atoms with E-state index in [2.05, 4.69) is 11.4 Å². The number of halogens is 1. The van der Waals surface area contributed by atoms with Crippen LogP contribution in [0, 0.1) is 23.1 Å². The van der Waals surface area contributed by atoms with Crippen molar-refractivity contribution in [1.29, 1.82) is 5.26 Å². The van der Waals surface area contributed by atoms with Crippen molar-refractivity contribution in [2.45, 2.75) is 30.2 Å². The number of rotatable bonds is 5. The lowest BCUT2D eigenvalue weighted by Gasteiger charge is -2.22. The van der Waals surface area contributed by atoms with Gasteiger partial charge in [0.15, 0.2) is 0 Å². The number of thioether (sulfide) groups is 1.